The van der Waals surface area contributed by atoms with Crippen LogP contribution in [0.25, 0.3) is 0 Å². The molecule has 0 bridgehead atoms. The highest BCUT2D eigenvalue weighted by Gasteiger charge is 2.60. The van der Waals surface area contributed by atoms with Gasteiger partial charge in [-0.05, 0) is 25.0 Å². The lowest BCUT2D eigenvalue weighted by atomic mass is 9.96. The van der Waals surface area contributed by atoms with Crippen LogP contribution in [0.3, 0.4) is 0 Å². The molecule has 2 aliphatic heterocycles. The van der Waals surface area contributed by atoms with Crippen molar-refractivity contribution in [1.82, 2.24) is 4.90 Å². The Labute approximate surface area is 120 Å². The Morgan fingerprint density at radius 1 is 1.24 bits per heavy atom. The van der Waals surface area contributed by atoms with Gasteiger partial charge in [0.1, 0.15) is 0 Å². The predicted octanol–water partition coefficient (Wildman–Crippen LogP) is -0.122. The number of nitrogens with zero attached hydrogens (tertiary/aromatic N) is 2. The van der Waals surface area contributed by atoms with Crippen LogP contribution in [0.1, 0.15) is 36.0 Å². The molecule has 2 heterocycles. The number of hydrogen-bond donors (Lipinski definition) is 0. The lowest BCUT2D eigenvalue weighted by Crippen LogP contribution is -2.71. The maximum Gasteiger partial charge on any atom is 0.258 e. The fourth-order valence-corrected chi connectivity index (χ4v) is 3.51. The molecule has 0 radical (unpaired) electrons. The SMILES string of the molecule is O=C1CC[C@]2(C(=O)[O-])N1c1ccccc1C(=O)N2C1CC1. The van der Waals surface area contributed by atoms with Crippen molar-refractivity contribution < 1.29 is 19.5 Å². The zero-order chi connectivity index (χ0) is 14.8. The van der Waals surface area contributed by atoms with E-state index < -0.39 is 11.6 Å². The summed E-state index contributed by atoms with van der Waals surface area (Å²) in [7, 11) is 0. The number of amides is 2. The average Bonchev–Trinajstić information content (AvgIpc) is 3.23. The molecule has 2 amide bonds. The monoisotopic (exact) mass is 285 g/mol. The van der Waals surface area contributed by atoms with Crippen LogP contribution in [0.4, 0.5) is 5.69 Å². The Morgan fingerprint density at radius 3 is 2.62 bits per heavy atom. The smallest absolute Gasteiger partial charge is 0.258 e. The maximum absolute atomic E-state index is 12.8. The van der Waals surface area contributed by atoms with E-state index in [4.69, 9.17) is 0 Å². The minimum absolute atomic E-state index is 0.0880. The fraction of sp³-hybridized carbons (Fsp3) is 0.400. The topological polar surface area (TPSA) is 80.8 Å². The number of carbonyl (C=O) groups is 3. The van der Waals surface area contributed by atoms with E-state index >= 15 is 0 Å². The van der Waals surface area contributed by atoms with E-state index in [0.717, 1.165) is 12.8 Å². The van der Waals surface area contributed by atoms with Crippen molar-refractivity contribution in [2.24, 2.45) is 0 Å². The molecule has 21 heavy (non-hydrogen) atoms. The van der Waals surface area contributed by atoms with E-state index in [2.05, 4.69) is 0 Å². The number of carbonyl (C=O) groups excluding carboxylic acids is 3. The van der Waals surface area contributed by atoms with Crippen molar-refractivity contribution in [3.05, 3.63) is 29.8 Å². The lowest BCUT2D eigenvalue weighted by molar-refractivity contribution is -0.318. The van der Waals surface area contributed by atoms with Gasteiger partial charge in [0.15, 0.2) is 5.66 Å². The molecule has 0 spiro atoms. The van der Waals surface area contributed by atoms with Crippen molar-refractivity contribution in [1.29, 1.82) is 0 Å². The van der Waals surface area contributed by atoms with Gasteiger partial charge in [0.25, 0.3) is 5.91 Å². The third-order valence-corrected chi connectivity index (χ3v) is 4.54. The largest absolute Gasteiger partial charge is 0.545 e. The van der Waals surface area contributed by atoms with Gasteiger partial charge in [0.05, 0.1) is 17.2 Å². The number of aliphatic carboxylic acids is 1. The van der Waals surface area contributed by atoms with Crippen LogP contribution >= 0.6 is 0 Å². The number of hydrogen-bond acceptors (Lipinski definition) is 4. The summed E-state index contributed by atoms with van der Waals surface area (Å²) in [6, 6.07) is 6.56. The number of rotatable bonds is 2. The molecule has 1 saturated heterocycles. The summed E-state index contributed by atoms with van der Waals surface area (Å²) in [6.45, 7) is 0. The second-order valence-electron chi connectivity index (χ2n) is 5.76. The van der Waals surface area contributed by atoms with Crippen molar-refractivity contribution in [2.75, 3.05) is 4.90 Å². The number of fused-ring (bicyclic) bond motifs is 3. The van der Waals surface area contributed by atoms with Crippen LogP contribution in [0, 0.1) is 0 Å². The number of benzene rings is 1. The van der Waals surface area contributed by atoms with Crippen LogP contribution in [0.5, 0.6) is 0 Å². The van der Waals surface area contributed by atoms with Gasteiger partial charge in [-0.1, -0.05) is 12.1 Å². The van der Waals surface area contributed by atoms with E-state index in [1.165, 1.54) is 9.80 Å². The minimum Gasteiger partial charge on any atom is -0.545 e. The van der Waals surface area contributed by atoms with Crippen molar-refractivity contribution in [2.45, 2.75) is 37.4 Å². The third-order valence-electron chi connectivity index (χ3n) is 4.54. The molecule has 1 atom stereocenters. The predicted molar refractivity (Wildman–Crippen MR) is 70.1 cm³/mol. The second-order valence-corrected chi connectivity index (χ2v) is 5.76. The van der Waals surface area contributed by atoms with E-state index in [1.54, 1.807) is 24.3 Å². The van der Waals surface area contributed by atoms with Gasteiger partial charge in [0, 0.05) is 18.9 Å². The van der Waals surface area contributed by atoms with Gasteiger partial charge >= 0.3 is 0 Å². The average molecular weight is 285 g/mol. The highest BCUT2D eigenvalue weighted by molar-refractivity contribution is 6.15. The van der Waals surface area contributed by atoms with Crippen LogP contribution < -0.4 is 10.0 Å². The summed E-state index contributed by atoms with van der Waals surface area (Å²) in [6.07, 6.45) is 1.74. The van der Waals surface area contributed by atoms with Gasteiger partial charge in [-0.15, -0.1) is 0 Å². The first-order valence-electron chi connectivity index (χ1n) is 7.04. The van der Waals surface area contributed by atoms with Crippen LogP contribution in [-0.4, -0.2) is 34.4 Å². The summed E-state index contributed by atoms with van der Waals surface area (Å²) in [5.41, 5.74) is -0.883. The van der Waals surface area contributed by atoms with Crippen molar-refractivity contribution in [3.8, 4) is 0 Å². The van der Waals surface area contributed by atoms with Gasteiger partial charge in [-0.3, -0.25) is 14.5 Å². The molecule has 6 nitrogen and oxygen atoms in total. The molecule has 6 heteroatoms. The van der Waals surface area contributed by atoms with Crippen molar-refractivity contribution in [3.63, 3.8) is 0 Å². The Kier molecular flexibility index (Phi) is 2.26. The first-order chi connectivity index (χ1) is 10.1. The van der Waals surface area contributed by atoms with Gasteiger partial charge in [0.2, 0.25) is 5.91 Å². The van der Waals surface area contributed by atoms with Crippen LogP contribution in [-0.2, 0) is 9.59 Å². The molecular weight excluding hydrogens is 272 g/mol. The molecule has 0 aromatic heterocycles. The van der Waals surface area contributed by atoms with Crippen LogP contribution in [0.2, 0.25) is 0 Å². The summed E-state index contributed by atoms with van der Waals surface area (Å²) >= 11 is 0. The highest BCUT2D eigenvalue weighted by Crippen LogP contribution is 2.48. The molecule has 3 aliphatic rings. The van der Waals surface area contributed by atoms with E-state index in [0.29, 0.717) is 11.3 Å². The van der Waals surface area contributed by atoms with E-state index in [9.17, 15) is 19.5 Å². The van der Waals surface area contributed by atoms with Crippen LogP contribution in [0.15, 0.2) is 24.3 Å². The number of anilines is 1. The standard InChI is InChI=1S/C15H14N2O4/c18-12-7-8-15(14(20)21)16(9-5-6-9)13(19)10-3-1-2-4-11(10)17(12)15/h1-4,9H,5-8H2,(H,20,21)/p-1/t15-/m1/s1. The third kappa shape index (κ3) is 1.39. The number of carboxylic acids is 1. The Morgan fingerprint density at radius 2 is 1.95 bits per heavy atom. The number of carboxylic acid groups (broad SMARTS) is 1. The molecule has 1 aliphatic carbocycles. The normalized spacial score (nSPS) is 27.6. The Bertz CT molecular complexity index is 682. The number of para-hydroxylation sites is 1. The first kappa shape index (κ1) is 12.4. The molecular formula is C15H13N2O4-. The molecule has 1 aromatic carbocycles. The lowest BCUT2D eigenvalue weighted by Gasteiger charge is -2.51. The van der Waals surface area contributed by atoms with Gasteiger partial charge in [-0.25, -0.2) is 0 Å². The molecule has 1 saturated carbocycles. The van der Waals surface area contributed by atoms with E-state index in [-0.39, 0.29) is 30.7 Å². The zero-order valence-electron chi connectivity index (χ0n) is 11.2. The molecule has 108 valence electrons. The summed E-state index contributed by atoms with van der Waals surface area (Å²) in [5.74, 6) is -1.96. The molecule has 0 unspecified atom stereocenters. The zero-order valence-corrected chi connectivity index (χ0v) is 11.2. The fourth-order valence-electron chi connectivity index (χ4n) is 3.51. The Hall–Kier alpha value is -2.37. The summed E-state index contributed by atoms with van der Waals surface area (Å²) in [4.78, 5) is 39.6. The van der Waals surface area contributed by atoms with Gasteiger partial charge in [-0.2, -0.15) is 0 Å². The molecule has 4 rings (SSSR count). The van der Waals surface area contributed by atoms with Crippen molar-refractivity contribution >= 4 is 23.5 Å². The summed E-state index contributed by atoms with van der Waals surface area (Å²) in [5, 5.41) is 11.9. The maximum atomic E-state index is 12.8. The summed E-state index contributed by atoms with van der Waals surface area (Å²) < 4.78 is 0. The van der Waals surface area contributed by atoms with E-state index in [1.807, 2.05) is 0 Å². The first-order valence-corrected chi connectivity index (χ1v) is 7.04. The highest BCUT2D eigenvalue weighted by atomic mass is 16.4. The minimum atomic E-state index is -1.65. The molecule has 0 N–H and O–H groups in total. The molecule has 1 aromatic rings. The van der Waals surface area contributed by atoms with Gasteiger partial charge < -0.3 is 14.8 Å². The Balaban J connectivity index is 2.00. The quantitative estimate of drug-likeness (QED) is 0.758. The molecule has 2 fully saturated rings. The second kappa shape index (κ2) is 3.84.